The summed E-state index contributed by atoms with van der Waals surface area (Å²) in [5.74, 6) is 0. The second-order valence-electron chi connectivity index (χ2n) is 6.13. The van der Waals surface area contributed by atoms with E-state index in [2.05, 4.69) is 20.1 Å². The maximum atomic E-state index is 6.04. The zero-order valence-electron chi connectivity index (χ0n) is 13.0. The quantitative estimate of drug-likeness (QED) is 0.687. The van der Waals surface area contributed by atoms with Crippen LogP contribution in [-0.2, 0) is 0 Å². The average molecular weight is 327 g/mol. The molecule has 4 nitrogen and oxygen atoms in total. The van der Waals surface area contributed by atoms with Gasteiger partial charge in [-0.15, -0.1) is 0 Å². The van der Waals surface area contributed by atoms with E-state index >= 15 is 0 Å². The minimum absolute atomic E-state index is 0.689. The lowest BCUT2D eigenvalue weighted by molar-refractivity contribution is 0.265. The van der Waals surface area contributed by atoms with Crippen LogP contribution in [0.25, 0.3) is 10.9 Å². The largest absolute Gasteiger partial charge is 0.373 e. The van der Waals surface area contributed by atoms with Gasteiger partial charge in [0.25, 0.3) is 0 Å². The van der Waals surface area contributed by atoms with Gasteiger partial charge < -0.3 is 4.90 Å². The number of halogens is 1. The van der Waals surface area contributed by atoms with Gasteiger partial charge in [-0.05, 0) is 56.4 Å². The van der Waals surface area contributed by atoms with Gasteiger partial charge in [0.1, 0.15) is 0 Å². The topological polar surface area (TPSA) is 40.9 Å². The first kappa shape index (κ1) is 14.6. The Balaban J connectivity index is 1.70. The maximum absolute atomic E-state index is 6.04. The van der Waals surface area contributed by atoms with Crippen LogP contribution < -0.4 is 0 Å². The van der Waals surface area contributed by atoms with Crippen LogP contribution in [0.2, 0.25) is 5.02 Å². The first-order chi connectivity index (χ1) is 11.3. The molecule has 5 heteroatoms. The van der Waals surface area contributed by atoms with E-state index in [0.29, 0.717) is 5.02 Å². The number of pyridine rings is 1. The average Bonchev–Trinajstić information content (AvgIpc) is 2.59. The summed E-state index contributed by atoms with van der Waals surface area (Å²) >= 11 is 6.04. The van der Waals surface area contributed by atoms with E-state index < -0.39 is 0 Å². The SMILES string of the molecule is Clc1ccc2c(N=NC3=C4CCCCN4CCC3)ccnc2c1. The summed E-state index contributed by atoms with van der Waals surface area (Å²) in [4.78, 5) is 6.85. The molecule has 0 aliphatic carbocycles. The van der Waals surface area contributed by atoms with Crippen LogP contribution in [0.5, 0.6) is 0 Å². The summed E-state index contributed by atoms with van der Waals surface area (Å²) in [7, 11) is 0. The molecule has 0 N–H and O–H groups in total. The van der Waals surface area contributed by atoms with Crippen LogP contribution in [0.1, 0.15) is 32.1 Å². The smallest absolute Gasteiger partial charge is 0.0966 e. The molecule has 1 aromatic carbocycles. The monoisotopic (exact) mass is 326 g/mol. The second-order valence-corrected chi connectivity index (χ2v) is 6.57. The predicted molar refractivity (Wildman–Crippen MR) is 93.0 cm³/mol. The van der Waals surface area contributed by atoms with Gasteiger partial charge in [0, 0.05) is 35.4 Å². The van der Waals surface area contributed by atoms with Gasteiger partial charge in [0.05, 0.1) is 16.9 Å². The molecule has 0 bridgehead atoms. The molecule has 23 heavy (non-hydrogen) atoms. The molecular weight excluding hydrogens is 308 g/mol. The molecule has 118 valence electrons. The molecule has 0 amide bonds. The minimum Gasteiger partial charge on any atom is -0.373 e. The summed E-state index contributed by atoms with van der Waals surface area (Å²) in [5, 5.41) is 10.8. The maximum Gasteiger partial charge on any atom is 0.0966 e. The number of fused-ring (bicyclic) bond motifs is 2. The molecule has 0 saturated carbocycles. The first-order valence-corrected chi connectivity index (χ1v) is 8.62. The number of rotatable bonds is 2. The third kappa shape index (κ3) is 2.95. The van der Waals surface area contributed by atoms with E-state index in [1.165, 1.54) is 38.0 Å². The normalized spacial score (nSPS) is 18.7. The van der Waals surface area contributed by atoms with Crippen molar-refractivity contribution in [2.45, 2.75) is 32.1 Å². The molecule has 4 rings (SSSR count). The standard InChI is InChI=1S/C18H19ClN4/c19-13-6-7-14-15(8-9-20-17(14)12-13)21-22-16-4-3-11-23-10-2-1-5-18(16)23/h6-9,12H,1-5,10-11H2. The summed E-state index contributed by atoms with van der Waals surface area (Å²) < 4.78 is 0. The fourth-order valence-electron chi connectivity index (χ4n) is 3.46. The lowest BCUT2D eigenvalue weighted by Gasteiger charge is -2.35. The number of azo groups is 1. The zero-order chi connectivity index (χ0) is 15.6. The lowest BCUT2D eigenvalue weighted by atomic mass is 9.99. The van der Waals surface area contributed by atoms with Crippen molar-refractivity contribution >= 4 is 28.2 Å². The Hall–Kier alpha value is -1.94. The van der Waals surface area contributed by atoms with E-state index in [-0.39, 0.29) is 0 Å². The summed E-state index contributed by atoms with van der Waals surface area (Å²) in [5.41, 5.74) is 4.28. The Kier molecular flexibility index (Phi) is 4.00. The lowest BCUT2D eigenvalue weighted by Crippen LogP contribution is -2.32. The molecule has 0 atom stereocenters. The van der Waals surface area contributed by atoms with Crippen LogP contribution in [0.15, 0.2) is 52.1 Å². The second kappa shape index (κ2) is 6.28. The van der Waals surface area contributed by atoms with Gasteiger partial charge in [0.2, 0.25) is 0 Å². The van der Waals surface area contributed by atoms with E-state index in [1.807, 2.05) is 24.3 Å². The Morgan fingerprint density at radius 3 is 2.87 bits per heavy atom. The Morgan fingerprint density at radius 1 is 1.00 bits per heavy atom. The molecule has 1 aromatic heterocycles. The molecule has 2 aliphatic heterocycles. The number of hydrogen-bond donors (Lipinski definition) is 0. The summed E-state index contributed by atoms with van der Waals surface area (Å²) in [6, 6.07) is 7.61. The summed E-state index contributed by atoms with van der Waals surface area (Å²) in [6.45, 7) is 2.34. The number of allylic oxidation sites excluding steroid dienone is 2. The van der Waals surface area contributed by atoms with E-state index in [0.717, 1.165) is 35.1 Å². The van der Waals surface area contributed by atoms with Crippen molar-refractivity contribution in [2.24, 2.45) is 10.2 Å². The van der Waals surface area contributed by atoms with Gasteiger partial charge in [0.15, 0.2) is 0 Å². The zero-order valence-corrected chi connectivity index (χ0v) is 13.8. The minimum atomic E-state index is 0.689. The van der Waals surface area contributed by atoms with E-state index in [9.17, 15) is 0 Å². The molecule has 3 heterocycles. The Morgan fingerprint density at radius 2 is 1.91 bits per heavy atom. The highest BCUT2D eigenvalue weighted by Gasteiger charge is 2.22. The highest BCUT2D eigenvalue weighted by Crippen LogP contribution is 2.33. The van der Waals surface area contributed by atoms with Crippen molar-refractivity contribution in [3.05, 3.63) is 46.9 Å². The number of piperidine rings is 1. The highest BCUT2D eigenvalue weighted by atomic mass is 35.5. The number of nitrogens with zero attached hydrogens (tertiary/aromatic N) is 4. The molecular formula is C18H19ClN4. The molecule has 0 unspecified atom stereocenters. The van der Waals surface area contributed by atoms with Crippen molar-refractivity contribution < 1.29 is 0 Å². The van der Waals surface area contributed by atoms with Crippen LogP contribution in [0, 0.1) is 0 Å². The van der Waals surface area contributed by atoms with E-state index in [4.69, 9.17) is 11.6 Å². The van der Waals surface area contributed by atoms with E-state index in [1.54, 1.807) is 6.20 Å². The van der Waals surface area contributed by atoms with Crippen molar-refractivity contribution in [3.63, 3.8) is 0 Å². The van der Waals surface area contributed by atoms with Crippen LogP contribution >= 0.6 is 11.6 Å². The third-order valence-corrected chi connectivity index (χ3v) is 4.84. The van der Waals surface area contributed by atoms with Crippen molar-refractivity contribution in [2.75, 3.05) is 13.1 Å². The Bertz CT molecular complexity index is 797. The number of hydrogen-bond acceptors (Lipinski definition) is 4. The van der Waals surface area contributed by atoms with Crippen molar-refractivity contribution in [1.29, 1.82) is 0 Å². The van der Waals surface area contributed by atoms with Crippen LogP contribution in [0.4, 0.5) is 5.69 Å². The van der Waals surface area contributed by atoms with Crippen molar-refractivity contribution in [1.82, 2.24) is 9.88 Å². The molecule has 2 aromatic rings. The van der Waals surface area contributed by atoms with Gasteiger partial charge >= 0.3 is 0 Å². The van der Waals surface area contributed by atoms with Crippen LogP contribution in [0.3, 0.4) is 0 Å². The first-order valence-electron chi connectivity index (χ1n) is 8.24. The van der Waals surface area contributed by atoms with Gasteiger partial charge in [-0.3, -0.25) is 4.98 Å². The molecule has 0 radical (unpaired) electrons. The van der Waals surface area contributed by atoms with Crippen molar-refractivity contribution in [3.8, 4) is 0 Å². The highest BCUT2D eigenvalue weighted by molar-refractivity contribution is 6.31. The molecule has 1 fully saturated rings. The fraction of sp³-hybridized carbons (Fsp3) is 0.389. The Labute approximate surface area is 140 Å². The molecule has 0 spiro atoms. The predicted octanol–water partition coefficient (Wildman–Crippen LogP) is 5.46. The van der Waals surface area contributed by atoms with Gasteiger partial charge in [-0.1, -0.05) is 11.6 Å². The summed E-state index contributed by atoms with van der Waals surface area (Å²) in [6.07, 6.45) is 7.67. The van der Waals surface area contributed by atoms with Crippen LogP contribution in [-0.4, -0.2) is 23.0 Å². The fourth-order valence-corrected chi connectivity index (χ4v) is 3.63. The third-order valence-electron chi connectivity index (χ3n) is 4.61. The number of benzene rings is 1. The van der Waals surface area contributed by atoms with Gasteiger partial charge in [-0.2, -0.15) is 10.2 Å². The number of aromatic nitrogens is 1. The van der Waals surface area contributed by atoms with Gasteiger partial charge in [-0.25, -0.2) is 0 Å². The molecule has 1 saturated heterocycles. The molecule has 2 aliphatic rings.